The number of ether oxygens (including phenoxy) is 1. The molecule has 0 spiro atoms. The van der Waals surface area contributed by atoms with E-state index in [1.807, 2.05) is 36.5 Å². The Hall–Kier alpha value is -2.30. The van der Waals surface area contributed by atoms with E-state index in [-0.39, 0.29) is 12.3 Å². The standard InChI is InChI=1S/C19H15Cl2NO3/c1-25-19(24)18(23)9-13(11-6-7-15(20)16(21)8-11)14-10-22-17-5-3-2-4-12(14)17/h2-8,10,13,22H,9H2,1H3/t13-/m1/s1. The van der Waals surface area contributed by atoms with Crippen LogP contribution < -0.4 is 0 Å². The highest BCUT2D eigenvalue weighted by Gasteiger charge is 2.25. The summed E-state index contributed by atoms with van der Waals surface area (Å²) in [5.41, 5.74) is 2.66. The first-order valence-electron chi connectivity index (χ1n) is 7.63. The van der Waals surface area contributed by atoms with Crippen LogP contribution >= 0.6 is 23.2 Å². The summed E-state index contributed by atoms with van der Waals surface area (Å²) in [5.74, 6) is -1.80. The van der Waals surface area contributed by atoms with E-state index in [0.29, 0.717) is 10.0 Å². The molecule has 0 aliphatic rings. The Morgan fingerprint density at radius 2 is 1.88 bits per heavy atom. The van der Waals surface area contributed by atoms with Gasteiger partial charge in [0.15, 0.2) is 0 Å². The number of benzene rings is 2. The van der Waals surface area contributed by atoms with E-state index in [9.17, 15) is 9.59 Å². The lowest BCUT2D eigenvalue weighted by Crippen LogP contribution is -2.19. The average Bonchev–Trinajstić information content (AvgIpc) is 3.05. The molecule has 3 rings (SSSR count). The van der Waals surface area contributed by atoms with Gasteiger partial charge in [0, 0.05) is 29.4 Å². The molecule has 0 unspecified atom stereocenters. The molecule has 1 atom stereocenters. The van der Waals surface area contributed by atoms with Gasteiger partial charge in [-0.3, -0.25) is 4.79 Å². The Labute approximate surface area is 154 Å². The van der Waals surface area contributed by atoms with Crippen LogP contribution in [-0.4, -0.2) is 23.8 Å². The van der Waals surface area contributed by atoms with Crippen LogP contribution in [0.3, 0.4) is 0 Å². The maximum atomic E-state index is 12.2. The zero-order valence-electron chi connectivity index (χ0n) is 13.4. The van der Waals surface area contributed by atoms with Gasteiger partial charge in [-0.25, -0.2) is 4.79 Å². The van der Waals surface area contributed by atoms with Crippen LogP contribution in [0.1, 0.15) is 23.5 Å². The lowest BCUT2D eigenvalue weighted by Gasteiger charge is -2.17. The number of nitrogens with one attached hydrogen (secondary N) is 1. The van der Waals surface area contributed by atoms with Crippen LogP contribution in [0.25, 0.3) is 10.9 Å². The number of aromatic amines is 1. The van der Waals surface area contributed by atoms with Gasteiger partial charge in [0.25, 0.3) is 0 Å². The van der Waals surface area contributed by atoms with Crippen LogP contribution in [0.5, 0.6) is 0 Å². The second-order valence-electron chi connectivity index (χ2n) is 5.63. The number of hydrogen-bond donors (Lipinski definition) is 1. The normalized spacial score (nSPS) is 12.1. The fraction of sp³-hybridized carbons (Fsp3) is 0.158. The quantitative estimate of drug-likeness (QED) is 0.517. The molecule has 0 saturated heterocycles. The second kappa shape index (κ2) is 7.30. The summed E-state index contributed by atoms with van der Waals surface area (Å²) in [6.45, 7) is 0. The van der Waals surface area contributed by atoms with Crippen molar-refractivity contribution >= 4 is 45.9 Å². The largest absolute Gasteiger partial charge is 0.463 e. The molecule has 0 bridgehead atoms. The van der Waals surface area contributed by atoms with Crippen molar-refractivity contribution in [1.82, 2.24) is 4.98 Å². The third-order valence-corrected chi connectivity index (χ3v) is 4.88. The van der Waals surface area contributed by atoms with Gasteiger partial charge in [-0.2, -0.15) is 0 Å². The number of esters is 1. The number of carbonyl (C=O) groups is 2. The molecule has 0 radical (unpaired) electrons. The van der Waals surface area contributed by atoms with Crippen LogP contribution in [0.15, 0.2) is 48.7 Å². The first-order valence-corrected chi connectivity index (χ1v) is 8.39. The highest BCUT2D eigenvalue weighted by Crippen LogP contribution is 2.36. The molecule has 0 fully saturated rings. The predicted octanol–water partition coefficient (Wildman–Crippen LogP) is 4.74. The predicted molar refractivity (Wildman–Crippen MR) is 98.2 cm³/mol. The first kappa shape index (κ1) is 17.5. The molecular formula is C19H15Cl2NO3. The minimum absolute atomic E-state index is 0.0213. The highest BCUT2D eigenvalue weighted by atomic mass is 35.5. The topological polar surface area (TPSA) is 59.2 Å². The summed E-state index contributed by atoms with van der Waals surface area (Å²) in [7, 11) is 1.19. The minimum atomic E-state index is -0.857. The van der Waals surface area contributed by atoms with Crippen molar-refractivity contribution in [3.05, 3.63) is 69.8 Å². The smallest absolute Gasteiger partial charge is 0.374 e. The van der Waals surface area contributed by atoms with Gasteiger partial charge in [-0.05, 0) is 29.3 Å². The molecule has 128 valence electrons. The Bertz CT molecular complexity index is 949. The summed E-state index contributed by atoms with van der Waals surface area (Å²) in [6, 6.07) is 13.0. The number of methoxy groups -OCH3 is 1. The summed E-state index contributed by atoms with van der Waals surface area (Å²) >= 11 is 12.2. The van der Waals surface area contributed by atoms with Gasteiger partial charge in [0.1, 0.15) is 0 Å². The van der Waals surface area contributed by atoms with E-state index in [1.165, 1.54) is 7.11 Å². The van der Waals surface area contributed by atoms with Crippen molar-refractivity contribution in [1.29, 1.82) is 0 Å². The molecule has 1 N–H and O–H groups in total. The van der Waals surface area contributed by atoms with Crippen molar-refractivity contribution < 1.29 is 14.3 Å². The molecule has 0 amide bonds. The first-order chi connectivity index (χ1) is 12.0. The fourth-order valence-electron chi connectivity index (χ4n) is 2.90. The molecule has 0 aliphatic heterocycles. The number of carbonyl (C=O) groups excluding carboxylic acids is 2. The number of hydrogen-bond acceptors (Lipinski definition) is 3. The molecule has 4 nitrogen and oxygen atoms in total. The maximum Gasteiger partial charge on any atom is 0.374 e. The number of fused-ring (bicyclic) bond motifs is 1. The lowest BCUT2D eigenvalue weighted by molar-refractivity contribution is -0.151. The molecule has 0 saturated carbocycles. The monoisotopic (exact) mass is 375 g/mol. The summed E-state index contributed by atoms with van der Waals surface area (Å²) in [6.07, 6.45) is 1.83. The SMILES string of the molecule is COC(=O)C(=O)C[C@H](c1ccc(Cl)c(Cl)c1)c1c[nH]c2ccccc12. The molecule has 1 heterocycles. The third-order valence-electron chi connectivity index (χ3n) is 4.15. The van der Waals surface area contributed by atoms with E-state index in [1.54, 1.807) is 12.1 Å². The van der Waals surface area contributed by atoms with Crippen LogP contribution in [0, 0.1) is 0 Å². The van der Waals surface area contributed by atoms with Gasteiger partial charge in [0.2, 0.25) is 5.78 Å². The van der Waals surface area contributed by atoms with Gasteiger partial charge < -0.3 is 9.72 Å². The molecule has 6 heteroatoms. The lowest BCUT2D eigenvalue weighted by atomic mass is 9.87. The number of halogens is 2. The Balaban J connectivity index is 2.09. The van der Waals surface area contributed by atoms with Crippen LogP contribution in [0.4, 0.5) is 0 Å². The van der Waals surface area contributed by atoms with Gasteiger partial charge >= 0.3 is 5.97 Å². The maximum absolute atomic E-state index is 12.2. The number of ketones is 1. The molecule has 0 aliphatic carbocycles. The van der Waals surface area contributed by atoms with Gasteiger partial charge in [-0.15, -0.1) is 0 Å². The number of Topliss-reactive ketones (excluding diaryl/α,β-unsaturated/α-hetero) is 1. The number of para-hydroxylation sites is 1. The summed E-state index contributed by atoms with van der Waals surface area (Å²) in [5, 5.41) is 1.81. The van der Waals surface area contributed by atoms with Crippen molar-refractivity contribution in [2.75, 3.05) is 7.11 Å². The molecule has 2 aromatic carbocycles. The zero-order chi connectivity index (χ0) is 18.0. The van der Waals surface area contributed by atoms with Crippen LogP contribution in [0.2, 0.25) is 10.0 Å². The van der Waals surface area contributed by atoms with E-state index in [4.69, 9.17) is 23.2 Å². The van der Waals surface area contributed by atoms with Crippen molar-refractivity contribution in [3.8, 4) is 0 Å². The Morgan fingerprint density at radius 3 is 2.60 bits per heavy atom. The number of aromatic nitrogens is 1. The van der Waals surface area contributed by atoms with E-state index in [0.717, 1.165) is 22.0 Å². The second-order valence-corrected chi connectivity index (χ2v) is 6.45. The Morgan fingerprint density at radius 1 is 1.12 bits per heavy atom. The fourth-order valence-corrected chi connectivity index (χ4v) is 3.21. The molecule has 1 aromatic heterocycles. The average molecular weight is 376 g/mol. The summed E-state index contributed by atoms with van der Waals surface area (Å²) < 4.78 is 4.55. The molecular weight excluding hydrogens is 361 g/mol. The van der Waals surface area contributed by atoms with Gasteiger partial charge in [-0.1, -0.05) is 47.5 Å². The van der Waals surface area contributed by atoms with Crippen molar-refractivity contribution in [3.63, 3.8) is 0 Å². The van der Waals surface area contributed by atoms with Crippen molar-refractivity contribution in [2.24, 2.45) is 0 Å². The minimum Gasteiger partial charge on any atom is -0.463 e. The zero-order valence-corrected chi connectivity index (χ0v) is 14.9. The van der Waals surface area contributed by atoms with Crippen molar-refractivity contribution in [2.45, 2.75) is 12.3 Å². The van der Waals surface area contributed by atoms with Crippen LogP contribution in [-0.2, 0) is 14.3 Å². The molecule has 3 aromatic rings. The third kappa shape index (κ3) is 3.55. The Kier molecular flexibility index (Phi) is 5.11. The van der Waals surface area contributed by atoms with Gasteiger partial charge in [0.05, 0.1) is 17.2 Å². The molecule has 25 heavy (non-hydrogen) atoms. The van der Waals surface area contributed by atoms with E-state index >= 15 is 0 Å². The number of rotatable bonds is 5. The van der Waals surface area contributed by atoms with E-state index in [2.05, 4.69) is 9.72 Å². The summed E-state index contributed by atoms with van der Waals surface area (Å²) in [4.78, 5) is 27.0. The van der Waals surface area contributed by atoms with E-state index < -0.39 is 11.8 Å². The number of H-pyrrole nitrogens is 1. The highest BCUT2D eigenvalue weighted by molar-refractivity contribution is 6.42.